The van der Waals surface area contributed by atoms with Crippen molar-refractivity contribution >= 4 is 17.6 Å². The molecule has 2 aromatic rings. The fourth-order valence-corrected chi connectivity index (χ4v) is 1.67. The van der Waals surface area contributed by atoms with Crippen molar-refractivity contribution in [1.29, 1.82) is 5.26 Å². The molecule has 1 heterocycles. The molecular weight excluding hydrogens is 282 g/mol. The Bertz CT molecular complexity index is 725. The minimum absolute atomic E-state index is 0.0522. The highest BCUT2D eigenvalue weighted by molar-refractivity contribution is 6.31. The minimum Gasteiger partial charge on any atom is -0.478 e. The first kappa shape index (κ1) is 13.8. The number of aromatic nitrogens is 2. The van der Waals surface area contributed by atoms with Crippen LogP contribution in [-0.2, 0) is 0 Å². The fourth-order valence-electron chi connectivity index (χ4n) is 1.50. The van der Waals surface area contributed by atoms with Gasteiger partial charge in [-0.25, -0.2) is 9.78 Å². The molecule has 1 N–H and O–H groups in total. The average molecular weight is 290 g/mol. The molecule has 7 heteroatoms. The summed E-state index contributed by atoms with van der Waals surface area (Å²) in [6.07, 6.45) is 0. The first-order valence-corrected chi connectivity index (χ1v) is 5.84. The van der Waals surface area contributed by atoms with Crippen LogP contribution in [0.2, 0.25) is 5.02 Å². The summed E-state index contributed by atoms with van der Waals surface area (Å²) < 4.78 is 5.34. The highest BCUT2D eigenvalue weighted by Gasteiger charge is 2.14. The average Bonchev–Trinajstić information content (AvgIpc) is 2.40. The number of nitriles is 1. The van der Waals surface area contributed by atoms with Crippen LogP contribution in [0.3, 0.4) is 0 Å². The molecule has 0 bridgehead atoms. The van der Waals surface area contributed by atoms with E-state index >= 15 is 0 Å². The molecule has 0 amide bonds. The summed E-state index contributed by atoms with van der Waals surface area (Å²) in [4.78, 5) is 19.0. The molecule has 0 saturated heterocycles. The Hall–Kier alpha value is -2.65. The van der Waals surface area contributed by atoms with E-state index in [0.29, 0.717) is 5.69 Å². The van der Waals surface area contributed by atoms with E-state index in [1.807, 2.05) is 6.07 Å². The Labute approximate surface area is 119 Å². The molecule has 0 aliphatic carbocycles. The molecule has 0 unspecified atom stereocenters. The van der Waals surface area contributed by atoms with Gasteiger partial charge in [-0.2, -0.15) is 10.2 Å². The van der Waals surface area contributed by atoms with Crippen molar-refractivity contribution in [2.45, 2.75) is 6.92 Å². The van der Waals surface area contributed by atoms with E-state index in [2.05, 4.69) is 9.97 Å². The molecule has 0 atom stereocenters. The van der Waals surface area contributed by atoms with E-state index in [1.54, 1.807) is 6.92 Å². The number of carboxylic acids is 1. The highest BCUT2D eigenvalue weighted by atomic mass is 35.5. The summed E-state index contributed by atoms with van der Waals surface area (Å²) in [5.41, 5.74) is 0.567. The van der Waals surface area contributed by atoms with E-state index in [1.165, 1.54) is 24.3 Å². The normalized spacial score (nSPS) is 9.85. The summed E-state index contributed by atoms with van der Waals surface area (Å²) in [6, 6.07) is 7.43. The van der Waals surface area contributed by atoms with Gasteiger partial charge in [-0.3, -0.25) is 0 Å². The number of hydrogen-bond donors (Lipinski definition) is 1. The lowest BCUT2D eigenvalue weighted by molar-refractivity contribution is 0.0694. The number of carbonyl (C=O) groups is 1. The van der Waals surface area contributed by atoms with E-state index in [4.69, 9.17) is 26.7 Å². The third-order valence-electron chi connectivity index (χ3n) is 2.32. The Morgan fingerprint density at radius 2 is 2.15 bits per heavy atom. The van der Waals surface area contributed by atoms with Crippen molar-refractivity contribution in [2.75, 3.05) is 0 Å². The maximum absolute atomic E-state index is 11.1. The summed E-state index contributed by atoms with van der Waals surface area (Å²) in [6.45, 7) is 1.68. The third-order valence-corrected chi connectivity index (χ3v) is 2.56. The van der Waals surface area contributed by atoms with Gasteiger partial charge in [0.25, 0.3) is 0 Å². The number of hydrogen-bond acceptors (Lipinski definition) is 5. The number of halogens is 1. The summed E-state index contributed by atoms with van der Waals surface area (Å²) in [7, 11) is 0. The van der Waals surface area contributed by atoms with Crippen LogP contribution in [0.25, 0.3) is 0 Å². The zero-order chi connectivity index (χ0) is 14.7. The maximum Gasteiger partial charge on any atom is 0.339 e. The molecule has 1 aromatic heterocycles. The van der Waals surface area contributed by atoms with Gasteiger partial charge in [-0.15, -0.1) is 0 Å². The van der Waals surface area contributed by atoms with Gasteiger partial charge in [-0.1, -0.05) is 11.6 Å². The Morgan fingerprint density at radius 1 is 1.40 bits per heavy atom. The number of aryl methyl sites for hydroxylation is 1. The van der Waals surface area contributed by atoms with Crippen LogP contribution < -0.4 is 4.74 Å². The van der Waals surface area contributed by atoms with Crippen LogP contribution >= 0.6 is 11.6 Å². The van der Waals surface area contributed by atoms with Crippen LogP contribution in [0.4, 0.5) is 0 Å². The first-order valence-electron chi connectivity index (χ1n) is 5.46. The van der Waals surface area contributed by atoms with Crippen molar-refractivity contribution in [3.05, 3.63) is 46.2 Å². The maximum atomic E-state index is 11.1. The number of ether oxygens (including phenoxy) is 1. The number of nitrogens with zero attached hydrogens (tertiary/aromatic N) is 3. The van der Waals surface area contributed by atoms with Crippen molar-refractivity contribution in [3.8, 4) is 17.8 Å². The number of rotatable bonds is 3. The molecule has 0 spiro atoms. The van der Waals surface area contributed by atoms with Gasteiger partial charge in [0, 0.05) is 10.7 Å². The topological polar surface area (TPSA) is 96.1 Å². The second-order valence-electron chi connectivity index (χ2n) is 3.84. The third kappa shape index (κ3) is 3.02. The number of aromatic carboxylic acids is 1. The molecular formula is C13H8ClN3O3. The van der Waals surface area contributed by atoms with Gasteiger partial charge in [0.15, 0.2) is 0 Å². The van der Waals surface area contributed by atoms with Gasteiger partial charge in [0.05, 0.1) is 0 Å². The molecule has 2 rings (SSSR count). The zero-order valence-corrected chi connectivity index (χ0v) is 11.0. The zero-order valence-electron chi connectivity index (χ0n) is 10.3. The molecule has 0 fully saturated rings. The molecule has 0 aliphatic heterocycles. The van der Waals surface area contributed by atoms with Gasteiger partial charge < -0.3 is 9.84 Å². The van der Waals surface area contributed by atoms with E-state index in [0.717, 1.165) is 0 Å². The van der Waals surface area contributed by atoms with Crippen molar-refractivity contribution in [2.24, 2.45) is 0 Å². The lowest BCUT2D eigenvalue weighted by Crippen LogP contribution is -2.02. The smallest absolute Gasteiger partial charge is 0.339 e. The predicted octanol–water partition coefficient (Wildman–Crippen LogP) is 2.80. The highest BCUT2D eigenvalue weighted by Crippen LogP contribution is 2.26. The predicted molar refractivity (Wildman–Crippen MR) is 70.0 cm³/mol. The van der Waals surface area contributed by atoms with Crippen molar-refractivity contribution in [1.82, 2.24) is 9.97 Å². The Morgan fingerprint density at radius 3 is 2.80 bits per heavy atom. The van der Waals surface area contributed by atoms with E-state index < -0.39 is 5.97 Å². The quantitative estimate of drug-likeness (QED) is 0.933. The molecule has 0 radical (unpaired) electrons. The molecule has 6 nitrogen and oxygen atoms in total. The molecule has 20 heavy (non-hydrogen) atoms. The van der Waals surface area contributed by atoms with Crippen molar-refractivity contribution < 1.29 is 14.6 Å². The fraction of sp³-hybridized carbons (Fsp3) is 0.0769. The van der Waals surface area contributed by atoms with Crippen LogP contribution in [0, 0.1) is 18.3 Å². The SMILES string of the molecule is Cc1cc(C#N)nc(Oc2ccc(Cl)cc2C(=O)O)n1. The monoisotopic (exact) mass is 289 g/mol. The van der Waals surface area contributed by atoms with Gasteiger partial charge in [-0.05, 0) is 31.2 Å². The van der Waals surface area contributed by atoms with Gasteiger partial charge >= 0.3 is 12.0 Å². The molecule has 0 saturated carbocycles. The second kappa shape index (κ2) is 5.55. The second-order valence-corrected chi connectivity index (χ2v) is 4.27. The van der Waals surface area contributed by atoms with Crippen LogP contribution in [0.1, 0.15) is 21.7 Å². The lowest BCUT2D eigenvalue weighted by Gasteiger charge is -2.08. The van der Waals surface area contributed by atoms with E-state index in [9.17, 15) is 4.79 Å². The van der Waals surface area contributed by atoms with Gasteiger partial charge in [0.1, 0.15) is 23.1 Å². The Balaban J connectivity index is 2.42. The number of carboxylic acid groups (broad SMARTS) is 1. The number of benzene rings is 1. The summed E-state index contributed by atoms with van der Waals surface area (Å²) in [5, 5.41) is 18.2. The molecule has 100 valence electrons. The lowest BCUT2D eigenvalue weighted by atomic mass is 10.2. The first-order chi connectivity index (χ1) is 9.49. The minimum atomic E-state index is -1.18. The Kier molecular flexibility index (Phi) is 3.82. The van der Waals surface area contributed by atoms with Crippen LogP contribution in [-0.4, -0.2) is 21.0 Å². The van der Waals surface area contributed by atoms with Crippen LogP contribution in [0.5, 0.6) is 11.8 Å². The largest absolute Gasteiger partial charge is 0.478 e. The van der Waals surface area contributed by atoms with Gasteiger partial charge in [0.2, 0.25) is 0 Å². The standard InChI is InChI=1S/C13H8ClN3O3/c1-7-4-9(6-15)17-13(16-7)20-11-3-2-8(14)5-10(11)12(18)19/h2-5H,1H3,(H,18,19). The van der Waals surface area contributed by atoms with E-state index in [-0.39, 0.29) is 28.0 Å². The molecule has 1 aromatic carbocycles. The summed E-state index contributed by atoms with van der Waals surface area (Å²) >= 11 is 5.74. The molecule has 0 aliphatic rings. The summed E-state index contributed by atoms with van der Waals surface area (Å²) in [5.74, 6) is -1.13. The van der Waals surface area contributed by atoms with Crippen molar-refractivity contribution in [3.63, 3.8) is 0 Å². The van der Waals surface area contributed by atoms with Crippen LogP contribution in [0.15, 0.2) is 24.3 Å².